The molecular formula is C22H24N6OS. The number of hydrogen-bond donors (Lipinski definition) is 3. The Hall–Kier alpha value is -2.97. The number of aliphatic hydroxyl groups excluding tert-OH is 1. The Morgan fingerprint density at radius 1 is 1.07 bits per heavy atom. The van der Waals surface area contributed by atoms with E-state index in [0.29, 0.717) is 12.5 Å². The molecular weight excluding hydrogens is 396 g/mol. The summed E-state index contributed by atoms with van der Waals surface area (Å²) in [6.45, 7) is 0.660. The highest BCUT2D eigenvalue weighted by molar-refractivity contribution is 7.08. The van der Waals surface area contributed by atoms with Crippen LogP contribution in [0.2, 0.25) is 0 Å². The van der Waals surface area contributed by atoms with Gasteiger partial charge < -0.3 is 15.7 Å². The van der Waals surface area contributed by atoms with Gasteiger partial charge in [0.05, 0.1) is 11.8 Å². The van der Waals surface area contributed by atoms with E-state index in [1.54, 1.807) is 17.7 Å². The van der Waals surface area contributed by atoms with Crippen molar-refractivity contribution in [2.45, 2.75) is 44.4 Å². The van der Waals surface area contributed by atoms with E-state index in [1.807, 2.05) is 28.1 Å². The van der Waals surface area contributed by atoms with Crippen molar-refractivity contribution in [2.75, 3.05) is 10.6 Å². The summed E-state index contributed by atoms with van der Waals surface area (Å²) in [6.07, 6.45) is 5.07. The van der Waals surface area contributed by atoms with Crippen LogP contribution in [0.25, 0.3) is 16.9 Å². The molecule has 1 fully saturated rings. The third-order valence-corrected chi connectivity index (χ3v) is 6.18. The minimum Gasteiger partial charge on any atom is -0.393 e. The molecule has 0 spiro atoms. The number of anilines is 2. The van der Waals surface area contributed by atoms with E-state index in [9.17, 15) is 5.11 Å². The molecule has 0 atom stereocenters. The average Bonchev–Trinajstić information content (AvgIpc) is 3.44. The molecule has 0 unspecified atom stereocenters. The summed E-state index contributed by atoms with van der Waals surface area (Å²) in [5, 5.41) is 20.8. The van der Waals surface area contributed by atoms with Gasteiger partial charge in [-0.15, -0.1) is 0 Å². The maximum Gasteiger partial charge on any atom is 0.227 e. The Balaban J connectivity index is 1.48. The molecule has 1 saturated carbocycles. The van der Waals surface area contributed by atoms with E-state index < -0.39 is 0 Å². The van der Waals surface area contributed by atoms with E-state index in [-0.39, 0.29) is 12.1 Å². The number of rotatable bonds is 6. The quantitative estimate of drug-likeness (QED) is 0.433. The van der Waals surface area contributed by atoms with Gasteiger partial charge in [0.2, 0.25) is 5.95 Å². The predicted molar refractivity (Wildman–Crippen MR) is 120 cm³/mol. The number of aliphatic hydroxyl groups is 1. The van der Waals surface area contributed by atoms with Crippen LogP contribution in [-0.2, 0) is 6.54 Å². The van der Waals surface area contributed by atoms with Gasteiger partial charge in [0.1, 0.15) is 6.33 Å². The number of hydrogen-bond acceptors (Lipinski definition) is 7. The van der Waals surface area contributed by atoms with Crippen LogP contribution in [0.1, 0.15) is 31.2 Å². The summed E-state index contributed by atoms with van der Waals surface area (Å²) in [7, 11) is 0. The molecule has 0 bridgehead atoms. The fourth-order valence-corrected chi connectivity index (χ4v) is 4.48. The van der Waals surface area contributed by atoms with Gasteiger partial charge in [-0.2, -0.15) is 21.3 Å². The Bertz CT molecular complexity index is 1100. The minimum atomic E-state index is -0.186. The topological polar surface area (TPSA) is 87.9 Å². The lowest BCUT2D eigenvalue weighted by Crippen LogP contribution is -2.29. The Labute approximate surface area is 178 Å². The molecule has 0 aliphatic heterocycles. The molecule has 1 aliphatic rings. The normalized spacial score (nSPS) is 19.1. The van der Waals surface area contributed by atoms with Gasteiger partial charge >= 0.3 is 0 Å². The van der Waals surface area contributed by atoms with Crippen molar-refractivity contribution in [1.29, 1.82) is 0 Å². The third-order valence-electron chi connectivity index (χ3n) is 5.51. The van der Waals surface area contributed by atoms with Crippen LogP contribution in [0.5, 0.6) is 0 Å². The summed E-state index contributed by atoms with van der Waals surface area (Å²) >= 11 is 1.64. The van der Waals surface area contributed by atoms with Gasteiger partial charge in [-0.3, -0.25) is 4.57 Å². The fourth-order valence-electron chi connectivity index (χ4n) is 3.86. The summed E-state index contributed by atoms with van der Waals surface area (Å²) in [4.78, 5) is 14.2. The molecule has 3 N–H and O–H groups in total. The molecule has 3 heterocycles. The fraction of sp³-hybridized carbons (Fsp3) is 0.318. The number of benzene rings is 1. The van der Waals surface area contributed by atoms with E-state index >= 15 is 0 Å². The van der Waals surface area contributed by atoms with Crippen molar-refractivity contribution >= 4 is 34.3 Å². The summed E-state index contributed by atoms with van der Waals surface area (Å²) < 4.78 is 2.00. The van der Waals surface area contributed by atoms with Crippen molar-refractivity contribution in [3.05, 3.63) is 59.0 Å². The predicted octanol–water partition coefficient (Wildman–Crippen LogP) is 4.20. The molecule has 1 aliphatic carbocycles. The monoisotopic (exact) mass is 420 g/mol. The van der Waals surface area contributed by atoms with E-state index in [4.69, 9.17) is 9.97 Å². The molecule has 0 radical (unpaired) electrons. The Morgan fingerprint density at radius 3 is 2.67 bits per heavy atom. The first-order chi connectivity index (χ1) is 14.8. The maximum absolute atomic E-state index is 9.79. The van der Waals surface area contributed by atoms with E-state index in [1.165, 1.54) is 5.56 Å². The Morgan fingerprint density at radius 2 is 1.90 bits per heavy atom. The number of thiophene rings is 1. The smallest absolute Gasteiger partial charge is 0.227 e. The molecule has 154 valence electrons. The molecule has 0 saturated heterocycles. The first kappa shape index (κ1) is 19.0. The van der Waals surface area contributed by atoms with Crippen LogP contribution >= 0.6 is 11.3 Å². The lowest BCUT2D eigenvalue weighted by molar-refractivity contribution is 0.126. The maximum atomic E-state index is 9.79. The van der Waals surface area contributed by atoms with Crippen molar-refractivity contribution < 1.29 is 5.11 Å². The highest BCUT2D eigenvalue weighted by Crippen LogP contribution is 2.27. The summed E-state index contributed by atoms with van der Waals surface area (Å²) in [6, 6.07) is 12.6. The summed E-state index contributed by atoms with van der Waals surface area (Å²) in [5.74, 6) is 1.31. The van der Waals surface area contributed by atoms with Crippen molar-refractivity contribution in [2.24, 2.45) is 0 Å². The van der Waals surface area contributed by atoms with Gasteiger partial charge in [-0.1, -0.05) is 30.3 Å². The van der Waals surface area contributed by atoms with Crippen LogP contribution in [0.15, 0.2) is 53.5 Å². The second kappa shape index (κ2) is 8.41. The molecule has 8 heteroatoms. The Kier molecular flexibility index (Phi) is 5.33. The molecule has 7 nitrogen and oxygen atoms in total. The lowest BCUT2D eigenvalue weighted by atomic mass is 9.93. The second-order valence-corrected chi connectivity index (χ2v) is 8.43. The number of aromatic nitrogens is 4. The first-order valence-corrected chi connectivity index (χ1v) is 11.2. The summed E-state index contributed by atoms with van der Waals surface area (Å²) in [5.41, 5.74) is 3.75. The van der Waals surface area contributed by atoms with Crippen molar-refractivity contribution in [1.82, 2.24) is 19.5 Å². The average molecular weight is 421 g/mol. The van der Waals surface area contributed by atoms with E-state index in [2.05, 4.69) is 39.2 Å². The van der Waals surface area contributed by atoms with Gasteiger partial charge in [0.15, 0.2) is 17.0 Å². The van der Waals surface area contributed by atoms with Gasteiger partial charge in [-0.25, -0.2) is 4.98 Å². The zero-order valence-electron chi connectivity index (χ0n) is 16.5. The first-order valence-electron chi connectivity index (χ1n) is 10.3. The molecule has 1 aromatic carbocycles. The molecule has 3 aromatic heterocycles. The van der Waals surface area contributed by atoms with Crippen molar-refractivity contribution in [3.63, 3.8) is 0 Å². The number of imidazole rings is 1. The standard InChI is InChI=1S/C22H24N6OS/c29-18-8-6-16(7-9-18)25-22-26-20(23-12-15-4-2-1-3-5-15)19-21(27-22)28(14-24-19)17-10-11-30-13-17/h1-5,10-11,13-14,16,18,29H,6-9,12H2,(H2,23,25,26,27). The zero-order chi connectivity index (χ0) is 20.3. The van der Waals surface area contributed by atoms with Crippen LogP contribution < -0.4 is 10.6 Å². The highest BCUT2D eigenvalue weighted by atomic mass is 32.1. The largest absolute Gasteiger partial charge is 0.393 e. The zero-order valence-corrected chi connectivity index (χ0v) is 17.3. The number of fused-ring (bicyclic) bond motifs is 1. The van der Waals surface area contributed by atoms with Crippen molar-refractivity contribution in [3.8, 4) is 5.69 Å². The molecule has 5 rings (SSSR count). The van der Waals surface area contributed by atoms with Gasteiger partial charge in [0.25, 0.3) is 0 Å². The van der Waals surface area contributed by atoms with E-state index in [0.717, 1.165) is 48.4 Å². The molecule has 4 aromatic rings. The molecule has 30 heavy (non-hydrogen) atoms. The lowest BCUT2D eigenvalue weighted by Gasteiger charge is -2.26. The molecule has 0 amide bonds. The van der Waals surface area contributed by atoms with Gasteiger partial charge in [-0.05, 0) is 42.7 Å². The van der Waals surface area contributed by atoms with Crippen LogP contribution in [0, 0.1) is 0 Å². The van der Waals surface area contributed by atoms with Gasteiger partial charge in [0, 0.05) is 18.0 Å². The minimum absolute atomic E-state index is 0.186. The van der Waals surface area contributed by atoms with Crippen LogP contribution in [0.3, 0.4) is 0 Å². The number of nitrogens with zero attached hydrogens (tertiary/aromatic N) is 4. The van der Waals surface area contributed by atoms with Crippen LogP contribution in [0.4, 0.5) is 11.8 Å². The third kappa shape index (κ3) is 4.01. The highest BCUT2D eigenvalue weighted by Gasteiger charge is 2.21. The SMILES string of the molecule is OC1CCC(Nc2nc(NCc3ccccc3)c3ncn(-c4ccsc4)c3n2)CC1. The van der Waals surface area contributed by atoms with Crippen LogP contribution in [-0.4, -0.2) is 36.8 Å². The number of nitrogens with one attached hydrogen (secondary N) is 2. The second-order valence-electron chi connectivity index (χ2n) is 7.65.